The molecule has 1 unspecified atom stereocenters. The molecule has 3 aliphatic heterocycles. The highest BCUT2D eigenvalue weighted by Crippen LogP contribution is 2.51. The van der Waals surface area contributed by atoms with Crippen LogP contribution in [0.15, 0.2) is 12.4 Å². The maximum Gasteiger partial charge on any atom is 0.243 e. The molecule has 4 heterocycles. The quantitative estimate of drug-likeness (QED) is 0.792. The van der Waals surface area contributed by atoms with Crippen LogP contribution in [0.4, 0.5) is 5.69 Å². The molecule has 2 N–H and O–H groups in total. The van der Waals surface area contributed by atoms with Gasteiger partial charge in [-0.2, -0.15) is 5.10 Å². The molecule has 1 atom stereocenters. The predicted molar refractivity (Wildman–Crippen MR) is 80.0 cm³/mol. The predicted octanol–water partition coefficient (Wildman–Crippen LogP) is -0.751. The number of carbonyl (C=O) groups excluding carboxylic acids is 3. The molecule has 1 aliphatic carbocycles. The van der Waals surface area contributed by atoms with Gasteiger partial charge in [0.25, 0.3) is 0 Å². The van der Waals surface area contributed by atoms with Crippen LogP contribution in [0.5, 0.6) is 0 Å². The van der Waals surface area contributed by atoms with Crippen LogP contribution in [-0.4, -0.2) is 51.0 Å². The van der Waals surface area contributed by atoms with Gasteiger partial charge in [-0.1, -0.05) is 0 Å². The Kier molecular flexibility index (Phi) is 2.82. The van der Waals surface area contributed by atoms with Gasteiger partial charge in [-0.15, -0.1) is 0 Å². The fourth-order valence-corrected chi connectivity index (χ4v) is 4.20. The fraction of sp³-hybridized carbons (Fsp3) is 0.600. The van der Waals surface area contributed by atoms with Crippen LogP contribution in [0.3, 0.4) is 0 Å². The zero-order valence-electron chi connectivity index (χ0n) is 12.9. The zero-order valence-corrected chi connectivity index (χ0v) is 12.9. The Morgan fingerprint density at radius 3 is 2.70 bits per heavy atom. The van der Waals surface area contributed by atoms with Crippen molar-refractivity contribution in [1.82, 2.24) is 14.7 Å². The van der Waals surface area contributed by atoms with Crippen molar-refractivity contribution in [2.75, 3.05) is 18.0 Å². The number of hydrogen-bond acceptors (Lipinski definition) is 4. The van der Waals surface area contributed by atoms with Gasteiger partial charge in [0.1, 0.15) is 5.54 Å². The van der Waals surface area contributed by atoms with E-state index >= 15 is 0 Å². The lowest BCUT2D eigenvalue weighted by molar-refractivity contribution is -0.146. The molecule has 2 bridgehead atoms. The third-order valence-electron chi connectivity index (χ3n) is 5.41. The molecule has 23 heavy (non-hydrogen) atoms. The summed E-state index contributed by atoms with van der Waals surface area (Å²) in [6, 6.07) is 0. The molecule has 1 aromatic heterocycles. The molecule has 3 amide bonds. The van der Waals surface area contributed by atoms with Gasteiger partial charge in [-0.3, -0.25) is 19.1 Å². The Hall–Kier alpha value is -2.38. The van der Waals surface area contributed by atoms with E-state index in [1.807, 2.05) is 0 Å². The molecule has 8 nitrogen and oxygen atoms in total. The first-order chi connectivity index (χ1) is 10.9. The molecule has 8 heteroatoms. The summed E-state index contributed by atoms with van der Waals surface area (Å²) in [5, 5.41) is 4.06. The molecule has 122 valence electrons. The SMILES string of the molecule is Cn1cc(N2CC(C(=O)N3CC4CC3(C(N)=O)C4)CC2=O)cn1. The molecule has 1 aromatic rings. The molecule has 1 saturated carbocycles. The zero-order chi connectivity index (χ0) is 16.4. The summed E-state index contributed by atoms with van der Waals surface area (Å²) in [4.78, 5) is 40.1. The molecular formula is C15H19N5O3. The normalized spacial score (nSPS) is 32.3. The number of rotatable bonds is 3. The second kappa shape index (κ2) is 4.56. The van der Waals surface area contributed by atoms with Crippen molar-refractivity contribution in [3.63, 3.8) is 0 Å². The second-order valence-electron chi connectivity index (χ2n) is 6.90. The number of primary amides is 1. The summed E-state index contributed by atoms with van der Waals surface area (Å²) in [7, 11) is 1.78. The highest BCUT2D eigenvalue weighted by Gasteiger charge is 2.62. The standard InChI is InChI=1S/C15H19N5O3/c1-18-8-11(5-17-18)19-7-10(2-12(19)21)13(22)20-6-9-3-15(20,4-9)14(16)23/h5,8-10H,2-4,6-7H2,1H3,(H2,16,23). The molecular weight excluding hydrogens is 298 g/mol. The van der Waals surface area contributed by atoms with Gasteiger partial charge in [0.15, 0.2) is 0 Å². The first-order valence-electron chi connectivity index (χ1n) is 7.81. The van der Waals surface area contributed by atoms with E-state index in [2.05, 4.69) is 5.10 Å². The van der Waals surface area contributed by atoms with Crippen molar-refractivity contribution in [2.45, 2.75) is 24.8 Å². The van der Waals surface area contributed by atoms with Gasteiger partial charge in [-0.25, -0.2) is 0 Å². The van der Waals surface area contributed by atoms with E-state index in [1.54, 1.807) is 33.9 Å². The maximum absolute atomic E-state index is 12.8. The highest BCUT2D eigenvalue weighted by atomic mass is 16.2. The molecule has 5 rings (SSSR count). The smallest absolute Gasteiger partial charge is 0.243 e. The van der Waals surface area contributed by atoms with E-state index in [9.17, 15) is 14.4 Å². The summed E-state index contributed by atoms with van der Waals surface area (Å²) < 4.78 is 1.62. The van der Waals surface area contributed by atoms with Crippen LogP contribution >= 0.6 is 0 Å². The largest absolute Gasteiger partial charge is 0.368 e. The topological polar surface area (TPSA) is 102 Å². The lowest BCUT2D eigenvalue weighted by Crippen LogP contribution is -2.58. The lowest BCUT2D eigenvalue weighted by atomic mass is 9.72. The van der Waals surface area contributed by atoms with Crippen molar-refractivity contribution in [3.05, 3.63) is 12.4 Å². The molecule has 0 spiro atoms. The van der Waals surface area contributed by atoms with E-state index in [-0.39, 0.29) is 18.2 Å². The van der Waals surface area contributed by atoms with E-state index < -0.39 is 17.4 Å². The number of nitrogens with two attached hydrogens (primary N) is 1. The maximum atomic E-state index is 12.8. The van der Waals surface area contributed by atoms with E-state index in [0.717, 1.165) is 0 Å². The number of hydrogen-bond donors (Lipinski definition) is 1. The average molecular weight is 317 g/mol. The fourth-order valence-electron chi connectivity index (χ4n) is 4.20. The highest BCUT2D eigenvalue weighted by molar-refractivity contribution is 6.01. The number of amides is 3. The summed E-state index contributed by atoms with van der Waals surface area (Å²) in [5.41, 5.74) is 5.42. The Labute approximate surface area is 133 Å². The summed E-state index contributed by atoms with van der Waals surface area (Å²) in [6.07, 6.45) is 4.87. The third-order valence-corrected chi connectivity index (χ3v) is 5.41. The molecule has 3 saturated heterocycles. The van der Waals surface area contributed by atoms with Crippen molar-refractivity contribution in [2.24, 2.45) is 24.6 Å². The Morgan fingerprint density at radius 1 is 1.35 bits per heavy atom. The first kappa shape index (κ1) is 14.2. The minimum absolute atomic E-state index is 0.0870. The summed E-state index contributed by atoms with van der Waals surface area (Å²) >= 11 is 0. The minimum Gasteiger partial charge on any atom is -0.368 e. The number of fused-ring (bicyclic) bond motifs is 1. The van der Waals surface area contributed by atoms with Crippen LogP contribution in [0.1, 0.15) is 19.3 Å². The van der Waals surface area contributed by atoms with Crippen molar-refractivity contribution in [1.29, 1.82) is 0 Å². The molecule has 4 aliphatic rings. The Morgan fingerprint density at radius 2 is 2.09 bits per heavy atom. The van der Waals surface area contributed by atoms with Gasteiger partial charge < -0.3 is 15.5 Å². The van der Waals surface area contributed by atoms with Crippen molar-refractivity contribution >= 4 is 23.4 Å². The van der Waals surface area contributed by atoms with Gasteiger partial charge in [0.2, 0.25) is 17.7 Å². The van der Waals surface area contributed by atoms with Crippen molar-refractivity contribution in [3.8, 4) is 0 Å². The van der Waals surface area contributed by atoms with Crippen LogP contribution in [-0.2, 0) is 21.4 Å². The van der Waals surface area contributed by atoms with Gasteiger partial charge in [0.05, 0.1) is 17.8 Å². The number of nitrogens with zero attached hydrogens (tertiary/aromatic N) is 4. The number of anilines is 1. The van der Waals surface area contributed by atoms with Gasteiger partial charge in [0, 0.05) is 32.8 Å². The summed E-state index contributed by atoms with van der Waals surface area (Å²) in [6.45, 7) is 0.915. The third kappa shape index (κ3) is 1.90. The number of carbonyl (C=O) groups is 3. The van der Waals surface area contributed by atoms with Crippen LogP contribution in [0.25, 0.3) is 0 Å². The molecule has 4 fully saturated rings. The molecule has 0 radical (unpaired) electrons. The number of aryl methyl sites for hydroxylation is 1. The average Bonchev–Trinajstić information content (AvgIpc) is 3.17. The van der Waals surface area contributed by atoms with Gasteiger partial charge >= 0.3 is 0 Å². The summed E-state index contributed by atoms with van der Waals surface area (Å²) in [5.74, 6) is -0.677. The van der Waals surface area contributed by atoms with E-state index in [1.165, 1.54) is 0 Å². The monoisotopic (exact) mass is 317 g/mol. The molecule has 0 aromatic carbocycles. The minimum atomic E-state index is -0.799. The van der Waals surface area contributed by atoms with Crippen LogP contribution in [0, 0.1) is 11.8 Å². The first-order valence-corrected chi connectivity index (χ1v) is 7.81. The Balaban J connectivity index is 1.52. The van der Waals surface area contributed by atoms with Crippen LogP contribution < -0.4 is 10.6 Å². The Bertz CT molecular complexity index is 706. The van der Waals surface area contributed by atoms with E-state index in [0.29, 0.717) is 37.5 Å². The second-order valence-corrected chi connectivity index (χ2v) is 6.90. The van der Waals surface area contributed by atoms with Gasteiger partial charge in [-0.05, 0) is 18.8 Å². The van der Waals surface area contributed by atoms with E-state index in [4.69, 9.17) is 5.73 Å². The van der Waals surface area contributed by atoms with Crippen LogP contribution in [0.2, 0.25) is 0 Å². The van der Waals surface area contributed by atoms with Crippen molar-refractivity contribution < 1.29 is 14.4 Å². The lowest BCUT2D eigenvalue weighted by Gasteiger charge is -2.39. The number of aromatic nitrogens is 2.